The largest absolute Gasteiger partial charge is 0.299 e. The molecule has 4 rings (SSSR count). The fraction of sp³-hybridized carbons (Fsp3) is 0.0556. The topological polar surface area (TPSA) is 88.1 Å². The molecule has 2 heterocycles. The molecule has 0 aliphatic heterocycles. The zero-order chi connectivity index (χ0) is 18.8. The Hall–Kier alpha value is -3.28. The van der Waals surface area contributed by atoms with Crippen molar-refractivity contribution in [2.24, 2.45) is 0 Å². The Morgan fingerprint density at radius 1 is 1.11 bits per heavy atom. The Kier molecular flexibility index (Phi) is 4.54. The lowest BCUT2D eigenvalue weighted by molar-refractivity contribution is 0.653. The zero-order valence-electron chi connectivity index (χ0n) is 13.9. The molecule has 7 nitrogen and oxygen atoms in total. The highest BCUT2D eigenvalue weighted by molar-refractivity contribution is 7.71. The minimum absolute atomic E-state index is 0.467. The summed E-state index contributed by atoms with van der Waals surface area (Å²) in [6.07, 6.45) is 1.78. The van der Waals surface area contributed by atoms with Gasteiger partial charge in [0.15, 0.2) is 5.82 Å². The van der Waals surface area contributed by atoms with Crippen LogP contribution in [0.15, 0.2) is 54.7 Å². The van der Waals surface area contributed by atoms with Crippen molar-refractivity contribution >= 4 is 23.8 Å². The summed E-state index contributed by atoms with van der Waals surface area (Å²) in [7, 11) is 0. The van der Waals surface area contributed by atoms with Gasteiger partial charge in [-0.05, 0) is 52.4 Å². The second kappa shape index (κ2) is 7.15. The average Bonchev–Trinajstić information content (AvgIpc) is 3.29. The first kappa shape index (κ1) is 17.1. The van der Waals surface area contributed by atoms with Crippen LogP contribution < -0.4 is 0 Å². The van der Waals surface area contributed by atoms with E-state index in [1.165, 1.54) is 0 Å². The van der Waals surface area contributed by atoms with Crippen LogP contribution in [-0.2, 0) is 6.54 Å². The van der Waals surface area contributed by atoms with E-state index in [0.29, 0.717) is 27.6 Å². The Bertz CT molecular complexity index is 1180. The fourth-order valence-corrected chi connectivity index (χ4v) is 3.11. The van der Waals surface area contributed by atoms with Crippen molar-refractivity contribution in [1.29, 1.82) is 5.26 Å². The summed E-state index contributed by atoms with van der Waals surface area (Å²) >= 11 is 11.5. The molecular formula is C18H12ClN7S. The third kappa shape index (κ3) is 3.38. The van der Waals surface area contributed by atoms with Gasteiger partial charge in [-0.25, -0.2) is 9.36 Å². The third-order valence-electron chi connectivity index (χ3n) is 4.04. The second-order valence-electron chi connectivity index (χ2n) is 5.77. The van der Waals surface area contributed by atoms with Crippen LogP contribution in [0.25, 0.3) is 17.1 Å². The van der Waals surface area contributed by atoms with Crippen molar-refractivity contribution in [3.63, 3.8) is 0 Å². The van der Waals surface area contributed by atoms with Crippen molar-refractivity contribution in [1.82, 2.24) is 30.0 Å². The van der Waals surface area contributed by atoms with E-state index in [4.69, 9.17) is 29.1 Å². The van der Waals surface area contributed by atoms with Gasteiger partial charge in [-0.2, -0.15) is 5.26 Å². The number of nitrogens with zero attached hydrogens (tertiary/aromatic N) is 6. The standard InChI is InChI=1S/C18H12ClN7S/c19-14-5-7-15(8-6-14)26-18(27)16(10-21-26)17-22-23-24-25(17)11-13-3-1-12(9-20)2-4-13/h1-8,10,21H,11H2. The second-order valence-corrected chi connectivity index (χ2v) is 6.60. The summed E-state index contributed by atoms with van der Waals surface area (Å²) in [6.45, 7) is 0.467. The van der Waals surface area contributed by atoms with Gasteiger partial charge < -0.3 is 0 Å². The van der Waals surface area contributed by atoms with Crippen LogP contribution in [0.4, 0.5) is 0 Å². The van der Waals surface area contributed by atoms with Crippen LogP contribution in [0, 0.1) is 16.0 Å². The number of benzene rings is 2. The molecule has 0 fully saturated rings. The molecule has 0 saturated carbocycles. The quantitative estimate of drug-likeness (QED) is 0.533. The van der Waals surface area contributed by atoms with E-state index < -0.39 is 0 Å². The van der Waals surface area contributed by atoms with Gasteiger partial charge >= 0.3 is 0 Å². The first-order valence-electron chi connectivity index (χ1n) is 7.97. The summed E-state index contributed by atoms with van der Waals surface area (Å²) in [5, 5.41) is 24.7. The summed E-state index contributed by atoms with van der Waals surface area (Å²) in [5.74, 6) is 0.563. The number of nitriles is 1. The van der Waals surface area contributed by atoms with Gasteiger partial charge in [-0.1, -0.05) is 36.0 Å². The highest BCUT2D eigenvalue weighted by atomic mass is 35.5. The van der Waals surface area contributed by atoms with Crippen molar-refractivity contribution in [3.05, 3.63) is 75.5 Å². The molecule has 0 aliphatic carbocycles. The molecule has 2 aromatic carbocycles. The molecule has 2 aromatic heterocycles. The first-order chi connectivity index (χ1) is 13.2. The van der Waals surface area contributed by atoms with E-state index in [-0.39, 0.29) is 0 Å². The van der Waals surface area contributed by atoms with Gasteiger partial charge in [0, 0.05) is 11.2 Å². The highest BCUT2D eigenvalue weighted by Crippen LogP contribution is 2.21. The average molecular weight is 394 g/mol. The van der Waals surface area contributed by atoms with Gasteiger partial charge in [0.2, 0.25) is 0 Å². The van der Waals surface area contributed by atoms with Crippen molar-refractivity contribution in [2.75, 3.05) is 0 Å². The predicted octanol–water partition coefficient (Wildman–Crippen LogP) is 3.76. The Morgan fingerprint density at radius 2 is 1.85 bits per heavy atom. The number of rotatable bonds is 4. The summed E-state index contributed by atoms with van der Waals surface area (Å²) in [5.41, 5.74) is 3.17. The van der Waals surface area contributed by atoms with E-state index in [1.807, 2.05) is 24.3 Å². The van der Waals surface area contributed by atoms with Crippen LogP contribution in [0.3, 0.4) is 0 Å². The number of hydrogen-bond acceptors (Lipinski definition) is 5. The first-order valence-corrected chi connectivity index (χ1v) is 8.76. The Morgan fingerprint density at radius 3 is 2.56 bits per heavy atom. The van der Waals surface area contributed by atoms with E-state index in [0.717, 1.165) is 16.8 Å². The summed E-state index contributed by atoms with van der Waals surface area (Å²) in [6, 6.07) is 16.7. The number of tetrazole rings is 1. The lowest BCUT2D eigenvalue weighted by Crippen LogP contribution is -2.04. The Labute approximate surface area is 164 Å². The molecule has 0 saturated heterocycles. The third-order valence-corrected chi connectivity index (χ3v) is 4.70. The van der Waals surface area contributed by atoms with Gasteiger partial charge in [-0.3, -0.25) is 5.10 Å². The maximum Gasteiger partial charge on any atom is 0.186 e. The number of nitrogens with one attached hydrogen (secondary N) is 1. The van der Waals surface area contributed by atoms with Gasteiger partial charge in [0.25, 0.3) is 0 Å². The molecule has 1 N–H and O–H groups in total. The van der Waals surface area contributed by atoms with Crippen LogP contribution in [0.5, 0.6) is 0 Å². The number of aromatic nitrogens is 6. The molecular weight excluding hydrogens is 382 g/mol. The van der Waals surface area contributed by atoms with Gasteiger partial charge in [0.05, 0.1) is 29.4 Å². The van der Waals surface area contributed by atoms with E-state index in [2.05, 4.69) is 26.7 Å². The van der Waals surface area contributed by atoms with Crippen LogP contribution >= 0.6 is 23.8 Å². The minimum atomic E-state index is 0.467. The summed E-state index contributed by atoms with van der Waals surface area (Å²) < 4.78 is 4.00. The normalized spacial score (nSPS) is 10.7. The van der Waals surface area contributed by atoms with Crippen molar-refractivity contribution in [2.45, 2.75) is 6.54 Å². The van der Waals surface area contributed by atoms with Gasteiger partial charge in [-0.15, -0.1) is 5.10 Å². The maximum atomic E-state index is 8.91. The molecule has 0 aliphatic rings. The number of halogens is 1. The molecule has 0 unspecified atom stereocenters. The molecule has 0 spiro atoms. The van der Waals surface area contributed by atoms with E-state index in [1.54, 1.807) is 39.8 Å². The van der Waals surface area contributed by atoms with Crippen molar-refractivity contribution < 1.29 is 0 Å². The maximum absolute atomic E-state index is 8.91. The molecule has 0 amide bonds. The van der Waals surface area contributed by atoms with Crippen LogP contribution in [-0.4, -0.2) is 30.0 Å². The molecule has 0 bridgehead atoms. The van der Waals surface area contributed by atoms with Crippen LogP contribution in [0.1, 0.15) is 11.1 Å². The van der Waals surface area contributed by atoms with Crippen LogP contribution in [0.2, 0.25) is 5.02 Å². The smallest absolute Gasteiger partial charge is 0.186 e. The van der Waals surface area contributed by atoms with E-state index in [9.17, 15) is 0 Å². The molecule has 4 aromatic rings. The molecule has 0 radical (unpaired) electrons. The molecule has 27 heavy (non-hydrogen) atoms. The fourth-order valence-electron chi connectivity index (χ4n) is 2.67. The molecule has 132 valence electrons. The predicted molar refractivity (Wildman–Crippen MR) is 103 cm³/mol. The zero-order valence-corrected chi connectivity index (χ0v) is 15.4. The molecule has 9 heteroatoms. The lowest BCUT2D eigenvalue weighted by atomic mass is 10.1. The number of H-pyrrole nitrogens is 1. The highest BCUT2D eigenvalue weighted by Gasteiger charge is 2.15. The van der Waals surface area contributed by atoms with Crippen molar-refractivity contribution in [3.8, 4) is 23.1 Å². The minimum Gasteiger partial charge on any atom is -0.299 e. The molecule has 0 atom stereocenters. The summed E-state index contributed by atoms with van der Waals surface area (Å²) in [4.78, 5) is 0. The Balaban J connectivity index is 1.67. The number of hydrogen-bond donors (Lipinski definition) is 1. The number of aromatic amines is 1. The van der Waals surface area contributed by atoms with E-state index >= 15 is 0 Å². The van der Waals surface area contributed by atoms with Gasteiger partial charge in [0.1, 0.15) is 4.64 Å². The lowest BCUT2D eigenvalue weighted by Gasteiger charge is -2.04. The monoisotopic (exact) mass is 393 g/mol. The SMILES string of the molecule is N#Cc1ccc(Cn2nnnc2-c2c[nH]n(-c3ccc(Cl)cc3)c2=S)cc1.